The molecule has 0 aliphatic heterocycles. The molecule has 0 radical (unpaired) electrons. The predicted molar refractivity (Wildman–Crippen MR) is 117 cm³/mol. The number of carboxylic acid groups (broad SMARTS) is 1. The van der Waals surface area contributed by atoms with E-state index in [1.54, 1.807) is 6.92 Å². The van der Waals surface area contributed by atoms with Crippen LogP contribution in [-0.4, -0.2) is 48.4 Å². The Balaban J connectivity index is 1.53. The van der Waals surface area contributed by atoms with Gasteiger partial charge in [-0.15, -0.1) is 0 Å². The van der Waals surface area contributed by atoms with Crippen molar-refractivity contribution in [2.75, 3.05) is 13.2 Å². The number of hydrogen-bond donors (Lipinski definition) is 3. The Morgan fingerprint density at radius 1 is 1.03 bits per heavy atom. The van der Waals surface area contributed by atoms with E-state index < -0.39 is 42.7 Å². The summed E-state index contributed by atoms with van der Waals surface area (Å²) < 4.78 is 43.6. The van der Waals surface area contributed by atoms with E-state index in [0.717, 1.165) is 22.3 Å². The number of rotatable bonds is 9. The summed E-state index contributed by atoms with van der Waals surface area (Å²) in [6.45, 7) is 0.685. The molecule has 3 rings (SSSR count). The largest absolute Gasteiger partial charge is 0.481 e. The Morgan fingerprint density at radius 2 is 1.59 bits per heavy atom. The fourth-order valence-corrected chi connectivity index (χ4v) is 3.96. The first-order valence-electron chi connectivity index (χ1n) is 10.8. The number of alkyl carbamates (subject to hydrolysis) is 1. The Labute approximate surface area is 194 Å². The molecule has 1 aliphatic rings. The molecule has 2 unspecified atom stereocenters. The summed E-state index contributed by atoms with van der Waals surface area (Å²) in [5.74, 6) is -5.72. The first kappa shape index (κ1) is 25.1. The van der Waals surface area contributed by atoms with Crippen LogP contribution in [0.3, 0.4) is 0 Å². The van der Waals surface area contributed by atoms with Gasteiger partial charge in [0.15, 0.2) is 5.92 Å². The molecule has 2 atom stereocenters. The second kappa shape index (κ2) is 10.6. The molecule has 0 aromatic heterocycles. The van der Waals surface area contributed by atoms with Crippen LogP contribution in [0, 0.1) is 5.92 Å². The number of carbonyl (C=O) groups excluding carboxylic acids is 2. The minimum absolute atomic E-state index is 0.0777. The highest BCUT2D eigenvalue weighted by molar-refractivity contribution is 5.80. The van der Waals surface area contributed by atoms with Gasteiger partial charge in [-0.1, -0.05) is 55.5 Å². The average Bonchev–Trinajstić information content (AvgIpc) is 3.10. The summed E-state index contributed by atoms with van der Waals surface area (Å²) >= 11 is 0. The Hall–Kier alpha value is -3.56. The fraction of sp³-hybridized carbons (Fsp3) is 0.375. The highest BCUT2D eigenvalue weighted by Crippen LogP contribution is 2.44. The lowest BCUT2D eigenvalue weighted by Crippen LogP contribution is -2.43. The minimum Gasteiger partial charge on any atom is -0.481 e. The number of ether oxygens (including phenoxy) is 1. The van der Waals surface area contributed by atoms with Crippen LogP contribution in [0.25, 0.3) is 11.1 Å². The molecule has 0 heterocycles. The van der Waals surface area contributed by atoms with E-state index in [-0.39, 0.29) is 18.9 Å². The van der Waals surface area contributed by atoms with Crippen LogP contribution < -0.4 is 10.6 Å². The Morgan fingerprint density at radius 3 is 2.09 bits per heavy atom. The zero-order chi connectivity index (χ0) is 24.9. The number of benzene rings is 2. The molecule has 10 heteroatoms. The molecule has 0 saturated heterocycles. The number of carbonyl (C=O) groups is 3. The molecule has 0 bridgehead atoms. The average molecular weight is 478 g/mol. The van der Waals surface area contributed by atoms with Gasteiger partial charge in [0.1, 0.15) is 6.61 Å². The van der Waals surface area contributed by atoms with Gasteiger partial charge in [0.2, 0.25) is 5.91 Å². The number of alkyl halides is 3. The van der Waals surface area contributed by atoms with Crippen molar-refractivity contribution in [1.29, 1.82) is 0 Å². The van der Waals surface area contributed by atoms with Gasteiger partial charge >= 0.3 is 18.2 Å². The van der Waals surface area contributed by atoms with Crippen LogP contribution in [0.5, 0.6) is 0 Å². The topological polar surface area (TPSA) is 105 Å². The number of fused-ring (bicyclic) bond motifs is 3. The maximum atomic E-state index is 12.7. The monoisotopic (exact) mass is 478 g/mol. The van der Waals surface area contributed by atoms with Crippen LogP contribution in [0.2, 0.25) is 0 Å². The van der Waals surface area contributed by atoms with Gasteiger partial charge in [-0.3, -0.25) is 9.59 Å². The smallest absolute Gasteiger partial charge is 0.407 e. The normalized spacial score (nSPS) is 14.5. The minimum atomic E-state index is -4.98. The van der Waals surface area contributed by atoms with Crippen LogP contribution in [-0.2, 0) is 14.3 Å². The zero-order valence-corrected chi connectivity index (χ0v) is 18.4. The van der Waals surface area contributed by atoms with Gasteiger partial charge in [-0.25, -0.2) is 4.79 Å². The van der Waals surface area contributed by atoms with Gasteiger partial charge in [-0.2, -0.15) is 13.2 Å². The lowest BCUT2D eigenvalue weighted by molar-refractivity contribution is -0.192. The summed E-state index contributed by atoms with van der Waals surface area (Å²) in [4.78, 5) is 35.2. The van der Waals surface area contributed by atoms with E-state index in [0.29, 0.717) is 6.42 Å². The third-order valence-electron chi connectivity index (χ3n) is 5.79. The number of nitrogens with one attached hydrogen (secondary N) is 2. The number of amides is 2. The van der Waals surface area contributed by atoms with Crippen LogP contribution in [0.4, 0.5) is 18.0 Å². The van der Waals surface area contributed by atoms with Crippen molar-refractivity contribution in [2.24, 2.45) is 5.92 Å². The van der Waals surface area contributed by atoms with Crippen molar-refractivity contribution < 1.29 is 37.4 Å². The van der Waals surface area contributed by atoms with Crippen LogP contribution in [0.15, 0.2) is 48.5 Å². The van der Waals surface area contributed by atoms with Crippen molar-refractivity contribution in [3.63, 3.8) is 0 Å². The molecular formula is C24H25F3N2O5. The standard InChI is InChI=1S/C24H25F3N2O5/c1-2-14(11-21(30)28-12-20(22(31)32)24(25,26)27)29-23(33)34-13-19-17-9-5-3-7-15(17)16-8-4-6-10-18(16)19/h3-10,14,19-20H,2,11-13H2,1H3,(H,28,30)(H,29,33)(H,31,32). The van der Waals surface area contributed by atoms with E-state index in [1.807, 2.05) is 53.8 Å². The quantitative estimate of drug-likeness (QED) is 0.504. The summed E-state index contributed by atoms with van der Waals surface area (Å²) in [6, 6.07) is 15.0. The summed E-state index contributed by atoms with van der Waals surface area (Å²) in [7, 11) is 0. The summed E-state index contributed by atoms with van der Waals surface area (Å²) in [5.41, 5.74) is 4.24. The molecular weight excluding hydrogens is 453 g/mol. The maximum Gasteiger partial charge on any atom is 0.407 e. The number of carboxylic acids is 1. The molecule has 1 aliphatic carbocycles. The predicted octanol–water partition coefficient (Wildman–Crippen LogP) is 4.07. The molecule has 0 saturated carbocycles. The van der Waals surface area contributed by atoms with Crippen LogP contribution in [0.1, 0.15) is 36.8 Å². The SMILES string of the molecule is CCC(CC(=O)NCC(C(=O)O)C(F)(F)F)NC(=O)OCC1c2ccccc2-c2ccccc21. The van der Waals surface area contributed by atoms with Gasteiger partial charge in [0, 0.05) is 24.9 Å². The van der Waals surface area contributed by atoms with Gasteiger partial charge in [0.05, 0.1) is 0 Å². The van der Waals surface area contributed by atoms with Gasteiger partial charge in [-0.05, 0) is 28.7 Å². The fourth-order valence-electron chi connectivity index (χ4n) is 3.96. The molecule has 0 spiro atoms. The molecule has 3 N–H and O–H groups in total. The lowest BCUT2D eigenvalue weighted by Gasteiger charge is -2.20. The van der Waals surface area contributed by atoms with Crippen molar-refractivity contribution >= 4 is 18.0 Å². The summed E-state index contributed by atoms with van der Waals surface area (Å²) in [5, 5.41) is 13.2. The van der Waals surface area contributed by atoms with Gasteiger partial charge < -0.3 is 20.5 Å². The van der Waals surface area contributed by atoms with Crippen LogP contribution >= 0.6 is 0 Å². The molecule has 7 nitrogen and oxygen atoms in total. The first-order valence-corrected chi connectivity index (χ1v) is 10.8. The highest BCUT2D eigenvalue weighted by atomic mass is 19.4. The van der Waals surface area contributed by atoms with E-state index in [1.165, 1.54) is 0 Å². The third-order valence-corrected chi connectivity index (χ3v) is 5.79. The molecule has 182 valence electrons. The second-order valence-electron chi connectivity index (χ2n) is 8.02. The number of hydrogen-bond acceptors (Lipinski definition) is 4. The van der Waals surface area contributed by atoms with Gasteiger partial charge in [0.25, 0.3) is 0 Å². The van der Waals surface area contributed by atoms with E-state index >= 15 is 0 Å². The molecule has 2 amide bonds. The molecule has 0 fully saturated rings. The number of halogens is 3. The lowest BCUT2D eigenvalue weighted by atomic mass is 9.98. The van der Waals surface area contributed by atoms with E-state index in [4.69, 9.17) is 9.84 Å². The first-order chi connectivity index (χ1) is 16.1. The van der Waals surface area contributed by atoms with Crippen molar-refractivity contribution in [1.82, 2.24) is 10.6 Å². The van der Waals surface area contributed by atoms with E-state index in [9.17, 15) is 27.6 Å². The second-order valence-corrected chi connectivity index (χ2v) is 8.02. The molecule has 2 aromatic rings. The Kier molecular flexibility index (Phi) is 7.80. The van der Waals surface area contributed by atoms with Crippen molar-refractivity contribution in [3.8, 4) is 11.1 Å². The third kappa shape index (κ3) is 5.86. The zero-order valence-electron chi connectivity index (χ0n) is 18.4. The highest BCUT2D eigenvalue weighted by Gasteiger charge is 2.45. The summed E-state index contributed by atoms with van der Waals surface area (Å²) in [6.07, 6.45) is -5.73. The van der Waals surface area contributed by atoms with Crippen molar-refractivity contribution in [2.45, 2.75) is 37.9 Å². The van der Waals surface area contributed by atoms with Crippen molar-refractivity contribution in [3.05, 3.63) is 59.7 Å². The van der Waals surface area contributed by atoms with E-state index in [2.05, 4.69) is 5.32 Å². The molecule has 34 heavy (non-hydrogen) atoms. The molecule has 2 aromatic carbocycles. The maximum absolute atomic E-state index is 12.7. The number of aliphatic carboxylic acids is 1. The Bertz CT molecular complexity index is 1010.